The number of para-hydroxylation sites is 1. The largest absolute Gasteiger partial charge is 0.356 e. The molecule has 3 heterocycles. The molecule has 1 aromatic carbocycles. The molecule has 25 heavy (non-hydrogen) atoms. The van der Waals surface area contributed by atoms with Gasteiger partial charge in [-0.25, -0.2) is 4.68 Å². The van der Waals surface area contributed by atoms with Crippen LogP contribution in [0.2, 0.25) is 0 Å². The van der Waals surface area contributed by atoms with Crippen LogP contribution in [0, 0.1) is 0 Å². The molecule has 0 amide bonds. The summed E-state index contributed by atoms with van der Waals surface area (Å²) < 4.78 is 13.1. The highest BCUT2D eigenvalue weighted by atomic mass is 16.7. The molecular formula is C19H21N3O3. The summed E-state index contributed by atoms with van der Waals surface area (Å²) in [7, 11) is 1.67. The van der Waals surface area contributed by atoms with Crippen molar-refractivity contribution in [2.45, 2.75) is 44.0 Å². The van der Waals surface area contributed by atoms with E-state index in [0.717, 1.165) is 40.8 Å². The zero-order valence-electron chi connectivity index (χ0n) is 14.3. The number of aromatic nitrogens is 3. The number of hydrogen-bond acceptors (Lipinski definition) is 3. The first-order valence-corrected chi connectivity index (χ1v) is 8.71. The van der Waals surface area contributed by atoms with Crippen molar-refractivity contribution in [1.29, 1.82) is 0 Å². The Morgan fingerprint density at radius 1 is 1.32 bits per heavy atom. The predicted molar refractivity (Wildman–Crippen MR) is 94.2 cm³/mol. The minimum absolute atomic E-state index is 0.0229. The van der Waals surface area contributed by atoms with Crippen LogP contribution in [0.4, 0.5) is 0 Å². The van der Waals surface area contributed by atoms with Gasteiger partial charge in [0.15, 0.2) is 6.29 Å². The molecule has 0 saturated carbocycles. The van der Waals surface area contributed by atoms with Crippen LogP contribution < -0.4 is 5.56 Å². The number of benzene rings is 1. The van der Waals surface area contributed by atoms with Gasteiger partial charge in [0.25, 0.3) is 5.56 Å². The molecule has 2 aromatic heterocycles. The van der Waals surface area contributed by atoms with Crippen LogP contribution >= 0.6 is 0 Å². The molecule has 6 heteroatoms. The lowest BCUT2D eigenvalue weighted by Crippen LogP contribution is -2.44. The van der Waals surface area contributed by atoms with E-state index in [1.165, 1.54) is 0 Å². The fourth-order valence-corrected chi connectivity index (χ4v) is 4.52. The molecule has 130 valence electrons. The predicted octanol–water partition coefficient (Wildman–Crippen LogP) is 2.83. The molecule has 3 atom stereocenters. The first kappa shape index (κ1) is 15.0. The van der Waals surface area contributed by atoms with E-state index in [4.69, 9.17) is 9.47 Å². The quantitative estimate of drug-likeness (QED) is 0.754. The summed E-state index contributed by atoms with van der Waals surface area (Å²) in [5.74, 6) is 0.886. The van der Waals surface area contributed by atoms with Gasteiger partial charge in [0.1, 0.15) is 5.82 Å². The van der Waals surface area contributed by atoms with Gasteiger partial charge >= 0.3 is 0 Å². The first-order chi connectivity index (χ1) is 12.1. The Balaban J connectivity index is 1.58. The van der Waals surface area contributed by atoms with E-state index < -0.39 is 0 Å². The molecule has 6 nitrogen and oxygen atoms in total. The van der Waals surface area contributed by atoms with Crippen LogP contribution in [0.5, 0.6) is 0 Å². The normalized spacial score (nSPS) is 28.2. The number of rotatable bonds is 2. The third-order valence-electron chi connectivity index (χ3n) is 5.73. The zero-order chi connectivity index (χ0) is 17.2. The monoisotopic (exact) mass is 339 g/mol. The molecule has 2 aliphatic rings. The number of nitrogens with zero attached hydrogens (tertiary/aromatic N) is 1. The van der Waals surface area contributed by atoms with Crippen LogP contribution in [-0.4, -0.2) is 33.8 Å². The molecule has 3 aromatic rings. The van der Waals surface area contributed by atoms with Gasteiger partial charge in [-0.2, -0.15) is 0 Å². The van der Waals surface area contributed by atoms with E-state index in [9.17, 15) is 4.79 Å². The van der Waals surface area contributed by atoms with Crippen molar-refractivity contribution in [2.24, 2.45) is 0 Å². The number of nitrogens with one attached hydrogen (secondary N) is 2. The summed E-state index contributed by atoms with van der Waals surface area (Å²) in [6, 6.07) is 10.0. The number of aromatic amines is 2. The molecular weight excluding hydrogens is 318 g/mol. The number of H-pyrrole nitrogens is 2. The summed E-state index contributed by atoms with van der Waals surface area (Å²) in [5.41, 5.74) is 2.53. The standard InChI is InChI=1S/C19H21N3O3/c1-19-10-14-17(12(19)7-8-16(24-2)25-19)18(23)22(21-14)15-9-11-5-3-4-6-13(11)20-15/h3-6,9,12,16,20-21H,7-8,10H2,1-2H3/t12-,16+,19+/m1/s1. The third kappa shape index (κ3) is 2.07. The maximum Gasteiger partial charge on any atom is 0.276 e. The van der Waals surface area contributed by atoms with Crippen LogP contribution in [-0.2, 0) is 15.9 Å². The molecule has 0 radical (unpaired) electrons. The lowest BCUT2D eigenvalue weighted by atomic mass is 9.83. The maximum atomic E-state index is 13.1. The van der Waals surface area contributed by atoms with E-state index in [-0.39, 0.29) is 23.4 Å². The van der Waals surface area contributed by atoms with Gasteiger partial charge in [0, 0.05) is 41.6 Å². The van der Waals surface area contributed by atoms with Crippen LogP contribution in [0.1, 0.15) is 36.9 Å². The second-order valence-corrected chi connectivity index (χ2v) is 7.29. The lowest BCUT2D eigenvalue weighted by molar-refractivity contribution is -0.223. The van der Waals surface area contributed by atoms with Gasteiger partial charge in [-0.05, 0) is 31.9 Å². The van der Waals surface area contributed by atoms with Crippen molar-refractivity contribution in [2.75, 3.05) is 7.11 Å². The average Bonchev–Trinajstić information content (AvgIpc) is 3.24. The fraction of sp³-hybridized carbons (Fsp3) is 0.421. The Kier molecular flexibility index (Phi) is 3.05. The van der Waals surface area contributed by atoms with Crippen molar-refractivity contribution < 1.29 is 9.47 Å². The summed E-state index contributed by atoms with van der Waals surface area (Å²) in [5, 5.41) is 4.40. The summed E-state index contributed by atoms with van der Waals surface area (Å²) in [4.78, 5) is 16.4. The molecule has 2 N–H and O–H groups in total. The topological polar surface area (TPSA) is 72.0 Å². The van der Waals surface area contributed by atoms with E-state index in [0.29, 0.717) is 6.42 Å². The number of ether oxygens (including phenoxy) is 2. The first-order valence-electron chi connectivity index (χ1n) is 8.71. The van der Waals surface area contributed by atoms with E-state index >= 15 is 0 Å². The maximum absolute atomic E-state index is 13.1. The van der Waals surface area contributed by atoms with Gasteiger partial charge in [-0.15, -0.1) is 0 Å². The highest BCUT2D eigenvalue weighted by Gasteiger charge is 2.50. The van der Waals surface area contributed by atoms with Gasteiger partial charge in [-0.1, -0.05) is 18.2 Å². The Morgan fingerprint density at radius 2 is 2.16 bits per heavy atom. The molecule has 5 rings (SSSR count). The second kappa shape index (κ2) is 5.09. The highest BCUT2D eigenvalue weighted by molar-refractivity contribution is 5.81. The molecule has 1 fully saturated rings. The summed E-state index contributed by atoms with van der Waals surface area (Å²) >= 11 is 0. The van der Waals surface area contributed by atoms with Crippen LogP contribution in [0.25, 0.3) is 16.7 Å². The molecule has 0 bridgehead atoms. The Bertz CT molecular complexity index is 982. The molecule has 1 aliphatic carbocycles. The van der Waals surface area contributed by atoms with Gasteiger partial charge in [0.05, 0.1) is 5.60 Å². The fourth-order valence-electron chi connectivity index (χ4n) is 4.52. The van der Waals surface area contributed by atoms with E-state index in [1.807, 2.05) is 30.3 Å². The zero-order valence-corrected chi connectivity index (χ0v) is 14.3. The van der Waals surface area contributed by atoms with Crippen molar-refractivity contribution in [1.82, 2.24) is 14.8 Å². The lowest BCUT2D eigenvalue weighted by Gasteiger charge is -2.40. The van der Waals surface area contributed by atoms with Gasteiger partial charge < -0.3 is 14.5 Å². The Hall–Kier alpha value is -2.31. The highest BCUT2D eigenvalue weighted by Crippen LogP contribution is 2.48. The van der Waals surface area contributed by atoms with Crippen molar-refractivity contribution in [3.05, 3.63) is 51.9 Å². The van der Waals surface area contributed by atoms with Crippen molar-refractivity contribution in [3.8, 4) is 5.82 Å². The number of methoxy groups -OCH3 is 1. The summed E-state index contributed by atoms with van der Waals surface area (Å²) in [6.07, 6.45) is 2.24. The van der Waals surface area contributed by atoms with Crippen LogP contribution in [0.3, 0.4) is 0 Å². The Morgan fingerprint density at radius 3 is 2.96 bits per heavy atom. The molecule has 1 aliphatic heterocycles. The minimum atomic E-state index is -0.362. The number of hydrogen-bond donors (Lipinski definition) is 2. The molecule has 0 spiro atoms. The smallest absolute Gasteiger partial charge is 0.276 e. The third-order valence-corrected chi connectivity index (χ3v) is 5.73. The SMILES string of the molecule is CO[C@@H]1CC[C@@H]2c3c([nH]n(-c4cc5ccccc5[nH]4)c3=O)C[C@]2(C)O1. The van der Waals surface area contributed by atoms with Gasteiger partial charge in [0.2, 0.25) is 0 Å². The number of fused-ring (bicyclic) bond motifs is 4. The van der Waals surface area contributed by atoms with Crippen molar-refractivity contribution >= 4 is 10.9 Å². The van der Waals surface area contributed by atoms with Gasteiger partial charge in [-0.3, -0.25) is 9.89 Å². The van der Waals surface area contributed by atoms with Crippen LogP contribution in [0.15, 0.2) is 35.1 Å². The summed E-state index contributed by atoms with van der Waals surface area (Å²) in [6.45, 7) is 2.09. The van der Waals surface area contributed by atoms with E-state index in [2.05, 4.69) is 17.0 Å². The second-order valence-electron chi connectivity index (χ2n) is 7.29. The van der Waals surface area contributed by atoms with Crippen molar-refractivity contribution in [3.63, 3.8) is 0 Å². The Labute approximate surface area is 144 Å². The average molecular weight is 339 g/mol. The molecule has 1 saturated heterocycles. The molecule has 0 unspecified atom stereocenters. The van der Waals surface area contributed by atoms with E-state index in [1.54, 1.807) is 11.8 Å². The minimum Gasteiger partial charge on any atom is -0.356 e.